The molecule has 0 bridgehead atoms. The molecule has 3 rings (SSSR count). The number of nitrogens with zero attached hydrogens (tertiary/aromatic N) is 5. The van der Waals surface area contributed by atoms with Crippen LogP contribution < -0.4 is 4.90 Å². The van der Waals surface area contributed by atoms with Gasteiger partial charge in [-0.1, -0.05) is 6.07 Å². The number of rotatable bonds is 4. The molecule has 1 amide bonds. The molecule has 0 radical (unpaired) electrons. The number of hydrogen-bond donors (Lipinski definition) is 1. The Morgan fingerprint density at radius 2 is 2.00 bits per heavy atom. The van der Waals surface area contributed by atoms with Crippen LogP contribution in [0.2, 0.25) is 0 Å². The molecule has 1 atom stereocenters. The first-order valence-corrected chi connectivity index (χ1v) is 8.40. The molecule has 1 aliphatic heterocycles. The monoisotopic (exact) mass is 341 g/mol. The number of carbonyl (C=O) groups excluding carboxylic acids is 1. The van der Waals surface area contributed by atoms with E-state index in [0.717, 1.165) is 18.5 Å². The Balaban J connectivity index is 1.70. The fourth-order valence-electron chi connectivity index (χ4n) is 3.27. The van der Waals surface area contributed by atoms with Crippen molar-refractivity contribution in [1.29, 1.82) is 0 Å². The lowest BCUT2D eigenvalue weighted by molar-refractivity contribution is -0.000464. The Morgan fingerprint density at radius 3 is 2.72 bits per heavy atom. The smallest absolute Gasteiger partial charge is 0.272 e. The Labute approximate surface area is 147 Å². The van der Waals surface area contributed by atoms with Crippen molar-refractivity contribution in [2.24, 2.45) is 0 Å². The van der Waals surface area contributed by atoms with Gasteiger partial charge in [0.15, 0.2) is 0 Å². The number of aromatic nitrogens is 3. The predicted molar refractivity (Wildman–Crippen MR) is 94.4 cm³/mol. The number of likely N-dealkylation sites (N-methyl/N-ethyl adjacent to an activating group) is 1. The first kappa shape index (κ1) is 17.3. The Kier molecular flexibility index (Phi) is 4.94. The predicted octanol–water partition coefficient (Wildman–Crippen LogP) is 1.28. The molecule has 7 heteroatoms. The molecule has 3 heterocycles. The van der Waals surface area contributed by atoms with E-state index < -0.39 is 5.60 Å². The summed E-state index contributed by atoms with van der Waals surface area (Å²) in [5.41, 5.74) is 0.256. The summed E-state index contributed by atoms with van der Waals surface area (Å²) in [6, 6.07) is 5.43. The Morgan fingerprint density at radius 1 is 1.28 bits per heavy atom. The zero-order chi connectivity index (χ0) is 17.9. The summed E-state index contributed by atoms with van der Waals surface area (Å²) in [5.74, 6) is 0.426. The second-order valence-electron chi connectivity index (χ2n) is 6.63. The van der Waals surface area contributed by atoms with Crippen molar-refractivity contribution in [2.45, 2.75) is 25.4 Å². The van der Waals surface area contributed by atoms with Crippen molar-refractivity contribution < 1.29 is 9.90 Å². The fourth-order valence-corrected chi connectivity index (χ4v) is 3.27. The van der Waals surface area contributed by atoms with Crippen molar-refractivity contribution in [1.82, 2.24) is 19.9 Å². The summed E-state index contributed by atoms with van der Waals surface area (Å²) in [7, 11) is 1.70. The molecule has 2 aromatic rings. The van der Waals surface area contributed by atoms with Crippen molar-refractivity contribution in [3.63, 3.8) is 0 Å². The van der Waals surface area contributed by atoms with E-state index in [1.54, 1.807) is 42.7 Å². The maximum atomic E-state index is 12.6. The van der Waals surface area contributed by atoms with Crippen molar-refractivity contribution in [3.05, 3.63) is 48.0 Å². The van der Waals surface area contributed by atoms with E-state index in [4.69, 9.17) is 0 Å². The number of aryl methyl sites for hydroxylation is 1. The van der Waals surface area contributed by atoms with Gasteiger partial charge in [0.25, 0.3) is 5.91 Å². The molecular formula is C18H23N5O2. The normalized spacial score (nSPS) is 20.4. The van der Waals surface area contributed by atoms with Crippen LogP contribution in [0.3, 0.4) is 0 Å². The lowest BCUT2D eigenvalue weighted by Crippen LogP contribution is -2.55. The van der Waals surface area contributed by atoms with Crippen molar-refractivity contribution in [3.8, 4) is 0 Å². The first-order chi connectivity index (χ1) is 12.0. The van der Waals surface area contributed by atoms with Crippen LogP contribution >= 0.6 is 0 Å². The van der Waals surface area contributed by atoms with Gasteiger partial charge in [0, 0.05) is 32.2 Å². The maximum absolute atomic E-state index is 12.6. The van der Waals surface area contributed by atoms with Crippen LogP contribution in [0.15, 0.2) is 36.8 Å². The molecule has 1 fully saturated rings. The maximum Gasteiger partial charge on any atom is 0.272 e. The second kappa shape index (κ2) is 7.14. The minimum absolute atomic E-state index is 0.181. The number of hydrogen-bond acceptors (Lipinski definition) is 6. The highest BCUT2D eigenvalue weighted by atomic mass is 16.3. The summed E-state index contributed by atoms with van der Waals surface area (Å²) in [6.07, 6.45) is 6.44. The quantitative estimate of drug-likeness (QED) is 0.902. The molecule has 1 N–H and O–H groups in total. The molecule has 0 saturated carbocycles. The molecule has 132 valence electrons. The van der Waals surface area contributed by atoms with Crippen LogP contribution in [-0.2, 0) is 0 Å². The number of piperidine rings is 1. The van der Waals surface area contributed by atoms with Gasteiger partial charge >= 0.3 is 0 Å². The summed E-state index contributed by atoms with van der Waals surface area (Å²) < 4.78 is 0. The zero-order valence-electron chi connectivity index (χ0n) is 14.6. The lowest BCUT2D eigenvalue weighted by Gasteiger charge is -2.41. The molecular weight excluding hydrogens is 318 g/mol. The molecule has 0 spiro atoms. The van der Waals surface area contributed by atoms with Crippen LogP contribution in [-0.4, -0.2) is 63.1 Å². The standard InChI is InChI=1S/C18H23N5O2/c1-14-6-3-8-19-15(14)16(24)22(2)12-18(25)7-4-11-23(13-18)17-20-9-5-10-21-17/h3,5-6,8-10,25H,4,7,11-13H2,1-2H3/t18-/m1/s1. The average Bonchev–Trinajstić information content (AvgIpc) is 2.62. The molecule has 25 heavy (non-hydrogen) atoms. The van der Waals surface area contributed by atoms with Crippen LogP contribution in [0.5, 0.6) is 0 Å². The van der Waals surface area contributed by atoms with Crippen molar-refractivity contribution in [2.75, 3.05) is 31.6 Å². The van der Waals surface area contributed by atoms with Gasteiger partial charge in [0.1, 0.15) is 5.69 Å². The van der Waals surface area contributed by atoms with Crippen LogP contribution in [0.4, 0.5) is 5.95 Å². The van der Waals surface area contributed by atoms with Gasteiger partial charge in [-0.2, -0.15) is 0 Å². The molecule has 0 aliphatic carbocycles. The summed E-state index contributed by atoms with van der Waals surface area (Å²) in [6.45, 7) is 3.29. The van der Waals surface area contributed by atoms with Gasteiger partial charge in [-0.15, -0.1) is 0 Å². The largest absolute Gasteiger partial charge is 0.386 e. The molecule has 2 aromatic heterocycles. The number of carbonyl (C=O) groups is 1. The van der Waals surface area contributed by atoms with E-state index in [9.17, 15) is 9.90 Å². The van der Waals surface area contributed by atoms with E-state index in [1.807, 2.05) is 17.9 Å². The van der Waals surface area contributed by atoms with Gasteiger partial charge in [0.2, 0.25) is 5.95 Å². The van der Waals surface area contributed by atoms with Crippen molar-refractivity contribution >= 4 is 11.9 Å². The minimum Gasteiger partial charge on any atom is -0.386 e. The second-order valence-corrected chi connectivity index (χ2v) is 6.63. The van der Waals surface area contributed by atoms with Crippen LogP contribution in [0, 0.1) is 6.92 Å². The van der Waals surface area contributed by atoms with E-state index >= 15 is 0 Å². The molecule has 1 aliphatic rings. The summed E-state index contributed by atoms with van der Waals surface area (Å²) >= 11 is 0. The lowest BCUT2D eigenvalue weighted by atomic mass is 9.92. The third kappa shape index (κ3) is 3.93. The van der Waals surface area contributed by atoms with Gasteiger partial charge in [-0.05, 0) is 37.5 Å². The Hall–Kier alpha value is -2.54. The highest BCUT2D eigenvalue weighted by Crippen LogP contribution is 2.25. The summed E-state index contributed by atoms with van der Waals surface area (Å²) in [4.78, 5) is 28.8. The van der Waals surface area contributed by atoms with E-state index in [2.05, 4.69) is 15.0 Å². The average molecular weight is 341 g/mol. The van der Waals surface area contributed by atoms with Crippen LogP contribution in [0.1, 0.15) is 28.9 Å². The molecule has 0 unspecified atom stereocenters. The third-order valence-electron chi connectivity index (χ3n) is 4.48. The number of β-amino-alcohol motifs (C(OH)–C–C–N with tert-alkyl or cyclic N) is 1. The Bertz CT molecular complexity index is 739. The fraction of sp³-hybridized carbons (Fsp3) is 0.444. The molecule has 0 aromatic carbocycles. The topological polar surface area (TPSA) is 82.5 Å². The van der Waals surface area contributed by atoms with E-state index in [1.165, 1.54) is 0 Å². The number of amides is 1. The first-order valence-electron chi connectivity index (χ1n) is 8.40. The van der Waals surface area contributed by atoms with E-state index in [-0.39, 0.29) is 12.5 Å². The van der Waals surface area contributed by atoms with Gasteiger partial charge in [0.05, 0.1) is 18.7 Å². The minimum atomic E-state index is -0.995. The van der Waals surface area contributed by atoms with Gasteiger partial charge < -0.3 is 14.9 Å². The summed E-state index contributed by atoms with van der Waals surface area (Å²) in [5, 5.41) is 11.0. The number of pyridine rings is 1. The highest BCUT2D eigenvalue weighted by molar-refractivity contribution is 5.93. The number of aliphatic hydroxyl groups is 1. The highest BCUT2D eigenvalue weighted by Gasteiger charge is 2.36. The SMILES string of the molecule is Cc1cccnc1C(=O)N(C)C[C@]1(O)CCCN(c2ncccn2)C1. The molecule has 1 saturated heterocycles. The zero-order valence-corrected chi connectivity index (χ0v) is 14.6. The van der Waals surface area contributed by atoms with Crippen LogP contribution in [0.25, 0.3) is 0 Å². The number of anilines is 1. The molecule has 7 nitrogen and oxygen atoms in total. The third-order valence-corrected chi connectivity index (χ3v) is 4.48. The van der Waals surface area contributed by atoms with Gasteiger partial charge in [-0.3, -0.25) is 9.78 Å². The van der Waals surface area contributed by atoms with E-state index in [0.29, 0.717) is 24.6 Å². The van der Waals surface area contributed by atoms with Gasteiger partial charge in [-0.25, -0.2) is 9.97 Å².